The van der Waals surface area contributed by atoms with Gasteiger partial charge in [-0.1, -0.05) is 11.3 Å². The maximum atomic E-state index is 6.02. The molecular formula is C16H16N6O2. The Bertz CT molecular complexity index is 934. The predicted molar refractivity (Wildman–Crippen MR) is 86.0 cm³/mol. The van der Waals surface area contributed by atoms with E-state index in [-0.39, 0.29) is 0 Å². The molecule has 8 nitrogen and oxygen atoms in total. The van der Waals surface area contributed by atoms with Gasteiger partial charge in [-0.05, 0) is 30.5 Å². The van der Waals surface area contributed by atoms with Crippen LogP contribution in [0.3, 0.4) is 0 Å². The second-order valence-electron chi connectivity index (χ2n) is 6.14. The summed E-state index contributed by atoms with van der Waals surface area (Å²) in [5.41, 5.74) is 8.29. The highest BCUT2D eigenvalue weighted by Gasteiger charge is 2.28. The Morgan fingerprint density at radius 3 is 2.79 bits per heavy atom. The molecule has 5 rings (SSSR count). The third kappa shape index (κ3) is 2.22. The summed E-state index contributed by atoms with van der Waals surface area (Å²) in [5, 5.41) is 8.33. The van der Waals surface area contributed by atoms with Gasteiger partial charge in [-0.3, -0.25) is 0 Å². The minimum Gasteiger partial charge on any atom is -0.486 e. The molecule has 3 heterocycles. The van der Waals surface area contributed by atoms with E-state index in [4.69, 9.17) is 15.2 Å². The van der Waals surface area contributed by atoms with E-state index >= 15 is 0 Å². The van der Waals surface area contributed by atoms with Gasteiger partial charge in [0.25, 0.3) is 0 Å². The number of nitrogens with zero attached hydrogens (tertiary/aromatic N) is 5. The van der Waals surface area contributed by atoms with E-state index in [1.54, 1.807) is 4.68 Å². The largest absolute Gasteiger partial charge is 0.486 e. The molecule has 0 spiro atoms. The number of aromatic nitrogens is 5. The van der Waals surface area contributed by atoms with E-state index < -0.39 is 0 Å². The van der Waals surface area contributed by atoms with Crippen LogP contribution in [0, 0.1) is 0 Å². The molecule has 0 saturated heterocycles. The highest BCUT2D eigenvalue weighted by molar-refractivity contribution is 5.80. The normalized spacial score (nSPS) is 16.5. The van der Waals surface area contributed by atoms with E-state index in [1.807, 2.05) is 18.2 Å². The molecule has 0 radical (unpaired) electrons. The highest BCUT2D eigenvalue weighted by Crippen LogP contribution is 2.39. The van der Waals surface area contributed by atoms with Gasteiger partial charge in [-0.15, -0.1) is 5.10 Å². The summed E-state index contributed by atoms with van der Waals surface area (Å²) in [6.07, 6.45) is 2.24. The zero-order valence-electron chi connectivity index (χ0n) is 13.0. The molecule has 8 heteroatoms. The molecule has 1 aliphatic carbocycles. The average molecular weight is 324 g/mol. The Morgan fingerprint density at radius 1 is 1.12 bits per heavy atom. The summed E-state index contributed by atoms with van der Waals surface area (Å²) in [6, 6.07) is 5.88. The number of hydrogen-bond donors (Lipinski definition) is 1. The van der Waals surface area contributed by atoms with Crippen LogP contribution < -0.4 is 15.2 Å². The van der Waals surface area contributed by atoms with Crippen LogP contribution in [0.25, 0.3) is 11.2 Å². The number of hydrogen-bond acceptors (Lipinski definition) is 7. The molecule has 0 bridgehead atoms. The van der Waals surface area contributed by atoms with Crippen molar-refractivity contribution in [3.8, 4) is 11.5 Å². The number of nitrogen functional groups attached to an aromatic ring is 1. The standard InChI is InChI=1S/C16H16N6O2/c17-14-13-16(19-15(18-14)10-2-3-10)22(21-20-13)8-9-1-4-11-12(7-9)24-6-5-23-11/h1,4,7,10H,2-3,5-6,8H2,(H2,17,18,19). The van der Waals surface area contributed by atoms with Crippen molar-refractivity contribution < 1.29 is 9.47 Å². The Labute approximate surface area is 137 Å². The molecule has 1 aromatic carbocycles. The lowest BCUT2D eigenvalue weighted by Gasteiger charge is -2.18. The molecule has 1 aliphatic heterocycles. The Hall–Kier alpha value is -2.90. The van der Waals surface area contributed by atoms with Gasteiger partial charge < -0.3 is 15.2 Å². The maximum Gasteiger partial charge on any atom is 0.184 e. The smallest absolute Gasteiger partial charge is 0.184 e. The summed E-state index contributed by atoms with van der Waals surface area (Å²) in [7, 11) is 0. The van der Waals surface area contributed by atoms with Crippen molar-refractivity contribution in [2.45, 2.75) is 25.3 Å². The van der Waals surface area contributed by atoms with Crippen LogP contribution in [0.5, 0.6) is 11.5 Å². The van der Waals surface area contributed by atoms with Gasteiger partial charge in [0, 0.05) is 5.92 Å². The second-order valence-corrected chi connectivity index (χ2v) is 6.14. The van der Waals surface area contributed by atoms with Gasteiger partial charge in [-0.25, -0.2) is 14.6 Å². The molecule has 0 atom stereocenters. The number of fused-ring (bicyclic) bond motifs is 2. The number of rotatable bonds is 3. The van der Waals surface area contributed by atoms with Crippen LogP contribution in [0.1, 0.15) is 30.1 Å². The molecule has 122 valence electrons. The fourth-order valence-corrected chi connectivity index (χ4v) is 2.88. The van der Waals surface area contributed by atoms with Crippen molar-refractivity contribution in [3.63, 3.8) is 0 Å². The van der Waals surface area contributed by atoms with Gasteiger partial charge in [0.2, 0.25) is 0 Å². The van der Waals surface area contributed by atoms with Crippen LogP contribution in [0.2, 0.25) is 0 Å². The van der Waals surface area contributed by atoms with Crippen LogP contribution in [-0.2, 0) is 6.54 Å². The fraction of sp³-hybridized carbons (Fsp3) is 0.375. The average Bonchev–Trinajstić information content (AvgIpc) is 3.38. The Balaban J connectivity index is 1.52. The third-order valence-electron chi connectivity index (χ3n) is 4.29. The lowest BCUT2D eigenvalue weighted by atomic mass is 10.2. The minimum atomic E-state index is 0.398. The summed E-state index contributed by atoms with van der Waals surface area (Å²) < 4.78 is 12.9. The molecule has 24 heavy (non-hydrogen) atoms. The van der Waals surface area contributed by atoms with Crippen LogP contribution in [-0.4, -0.2) is 38.2 Å². The highest BCUT2D eigenvalue weighted by atomic mass is 16.6. The molecule has 3 aromatic rings. The summed E-state index contributed by atoms with van der Waals surface area (Å²) in [4.78, 5) is 8.99. The van der Waals surface area contributed by atoms with E-state index in [1.165, 1.54) is 0 Å². The van der Waals surface area contributed by atoms with Crippen molar-refractivity contribution in [1.82, 2.24) is 25.0 Å². The molecule has 0 unspecified atom stereocenters. The topological polar surface area (TPSA) is 101 Å². The second kappa shape index (κ2) is 5.05. The summed E-state index contributed by atoms with van der Waals surface area (Å²) in [6.45, 7) is 1.69. The monoisotopic (exact) mass is 324 g/mol. The lowest BCUT2D eigenvalue weighted by molar-refractivity contribution is 0.171. The van der Waals surface area contributed by atoms with Crippen LogP contribution in [0.4, 0.5) is 5.82 Å². The van der Waals surface area contributed by atoms with Gasteiger partial charge in [0.15, 0.2) is 28.5 Å². The van der Waals surface area contributed by atoms with Crippen molar-refractivity contribution >= 4 is 17.0 Å². The Morgan fingerprint density at radius 2 is 1.96 bits per heavy atom. The van der Waals surface area contributed by atoms with Crippen molar-refractivity contribution in [2.24, 2.45) is 0 Å². The fourth-order valence-electron chi connectivity index (χ4n) is 2.88. The lowest BCUT2D eigenvalue weighted by Crippen LogP contribution is -2.15. The molecule has 0 amide bonds. The Kier molecular flexibility index (Phi) is 2.85. The van der Waals surface area contributed by atoms with Crippen molar-refractivity contribution in [2.75, 3.05) is 18.9 Å². The zero-order valence-corrected chi connectivity index (χ0v) is 13.0. The predicted octanol–water partition coefficient (Wildman–Crippen LogP) is 1.50. The molecule has 2 N–H and O–H groups in total. The van der Waals surface area contributed by atoms with E-state index in [0.717, 1.165) is 35.7 Å². The quantitative estimate of drug-likeness (QED) is 0.779. The first-order chi connectivity index (χ1) is 11.8. The van der Waals surface area contributed by atoms with Crippen molar-refractivity contribution in [3.05, 3.63) is 29.6 Å². The first-order valence-corrected chi connectivity index (χ1v) is 8.03. The molecule has 1 saturated carbocycles. The van der Waals surface area contributed by atoms with E-state index in [0.29, 0.717) is 42.7 Å². The number of ether oxygens (including phenoxy) is 2. The number of benzene rings is 1. The van der Waals surface area contributed by atoms with Crippen LogP contribution in [0.15, 0.2) is 18.2 Å². The number of anilines is 1. The third-order valence-corrected chi connectivity index (χ3v) is 4.29. The van der Waals surface area contributed by atoms with Crippen molar-refractivity contribution in [1.29, 1.82) is 0 Å². The maximum absolute atomic E-state index is 6.02. The molecule has 2 aromatic heterocycles. The van der Waals surface area contributed by atoms with E-state index in [9.17, 15) is 0 Å². The number of nitrogens with two attached hydrogens (primary N) is 1. The SMILES string of the molecule is Nc1nc(C2CC2)nc2c1nnn2Cc1ccc2c(c1)OCCO2. The molecule has 2 aliphatic rings. The van der Waals surface area contributed by atoms with Gasteiger partial charge in [0.1, 0.15) is 19.0 Å². The summed E-state index contributed by atoms with van der Waals surface area (Å²) >= 11 is 0. The van der Waals surface area contributed by atoms with Gasteiger partial charge in [-0.2, -0.15) is 0 Å². The first kappa shape index (κ1) is 13.5. The summed E-state index contributed by atoms with van der Waals surface area (Å²) in [5.74, 6) is 3.16. The van der Waals surface area contributed by atoms with Gasteiger partial charge in [0.05, 0.1) is 6.54 Å². The first-order valence-electron chi connectivity index (χ1n) is 8.03. The van der Waals surface area contributed by atoms with Crippen LogP contribution >= 0.6 is 0 Å². The van der Waals surface area contributed by atoms with E-state index in [2.05, 4.69) is 20.3 Å². The van der Waals surface area contributed by atoms with Gasteiger partial charge >= 0.3 is 0 Å². The molecular weight excluding hydrogens is 308 g/mol. The minimum absolute atomic E-state index is 0.398. The molecule has 1 fully saturated rings. The zero-order chi connectivity index (χ0) is 16.1.